The van der Waals surface area contributed by atoms with Crippen LogP contribution >= 0.6 is 0 Å². The molecule has 1 saturated carbocycles. The number of rotatable bonds is 1. The van der Waals surface area contributed by atoms with Crippen LogP contribution in [0, 0.1) is 20.8 Å². The SMILES string of the molecule is Cc1cc2c(C3(N)CCC3)c3oc(C)cc3c(C)c2o1. The van der Waals surface area contributed by atoms with E-state index in [9.17, 15) is 0 Å². The van der Waals surface area contributed by atoms with Crippen molar-refractivity contribution in [2.45, 2.75) is 45.6 Å². The molecular formula is C17H19NO2. The van der Waals surface area contributed by atoms with E-state index in [2.05, 4.69) is 19.1 Å². The van der Waals surface area contributed by atoms with Crippen LogP contribution < -0.4 is 5.73 Å². The van der Waals surface area contributed by atoms with E-state index < -0.39 is 0 Å². The van der Waals surface area contributed by atoms with Crippen molar-refractivity contribution in [1.82, 2.24) is 0 Å². The lowest BCUT2D eigenvalue weighted by Crippen LogP contribution is -2.43. The zero-order valence-electron chi connectivity index (χ0n) is 12.2. The zero-order chi connectivity index (χ0) is 14.1. The molecule has 2 aromatic heterocycles. The van der Waals surface area contributed by atoms with E-state index in [4.69, 9.17) is 14.6 Å². The molecule has 0 amide bonds. The van der Waals surface area contributed by atoms with Crippen LogP contribution in [0.25, 0.3) is 21.9 Å². The van der Waals surface area contributed by atoms with Crippen molar-refractivity contribution >= 4 is 21.9 Å². The predicted molar refractivity (Wildman–Crippen MR) is 79.9 cm³/mol. The van der Waals surface area contributed by atoms with E-state index in [0.29, 0.717) is 0 Å². The lowest BCUT2D eigenvalue weighted by molar-refractivity contribution is 0.255. The van der Waals surface area contributed by atoms with Crippen molar-refractivity contribution in [3.63, 3.8) is 0 Å². The molecule has 4 rings (SSSR count). The highest BCUT2D eigenvalue weighted by atomic mass is 16.3. The lowest BCUT2D eigenvalue weighted by atomic mass is 9.71. The molecule has 1 aliphatic carbocycles. The first-order chi connectivity index (χ1) is 9.49. The Balaban J connectivity index is 2.23. The topological polar surface area (TPSA) is 52.3 Å². The Hall–Kier alpha value is -1.74. The van der Waals surface area contributed by atoms with Crippen LogP contribution in [0.5, 0.6) is 0 Å². The molecule has 0 bridgehead atoms. The summed E-state index contributed by atoms with van der Waals surface area (Å²) in [5.74, 6) is 1.85. The van der Waals surface area contributed by atoms with Crippen molar-refractivity contribution < 1.29 is 8.83 Å². The lowest BCUT2D eigenvalue weighted by Gasteiger charge is -2.39. The maximum Gasteiger partial charge on any atom is 0.140 e. The number of furan rings is 2. The molecule has 1 aromatic carbocycles. The fraction of sp³-hybridized carbons (Fsp3) is 0.412. The van der Waals surface area contributed by atoms with E-state index in [1.165, 1.54) is 6.42 Å². The van der Waals surface area contributed by atoms with Crippen LogP contribution in [0.4, 0.5) is 0 Å². The summed E-state index contributed by atoms with van der Waals surface area (Å²) < 4.78 is 11.9. The molecule has 0 saturated heterocycles. The molecule has 2 heterocycles. The number of benzene rings is 1. The first-order valence-corrected chi connectivity index (χ1v) is 7.22. The minimum Gasteiger partial charge on any atom is -0.461 e. The van der Waals surface area contributed by atoms with E-state index in [1.807, 2.05) is 13.8 Å². The van der Waals surface area contributed by atoms with Crippen molar-refractivity contribution in [3.8, 4) is 0 Å². The van der Waals surface area contributed by atoms with Gasteiger partial charge in [-0.3, -0.25) is 0 Å². The smallest absolute Gasteiger partial charge is 0.140 e. The van der Waals surface area contributed by atoms with E-state index >= 15 is 0 Å². The van der Waals surface area contributed by atoms with E-state index in [1.54, 1.807) is 0 Å². The van der Waals surface area contributed by atoms with Gasteiger partial charge in [-0.15, -0.1) is 0 Å². The van der Waals surface area contributed by atoms with E-state index in [-0.39, 0.29) is 5.54 Å². The summed E-state index contributed by atoms with van der Waals surface area (Å²) in [5, 5.41) is 2.26. The molecule has 0 unspecified atom stereocenters. The molecule has 0 radical (unpaired) electrons. The first-order valence-electron chi connectivity index (χ1n) is 7.22. The van der Waals surface area contributed by atoms with Gasteiger partial charge in [-0.05, 0) is 52.2 Å². The highest BCUT2D eigenvalue weighted by Gasteiger charge is 2.39. The summed E-state index contributed by atoms with van der Waals surface area (Å²) in [7, 11) is 0. The third kappa shape index (κ3) is 1.39. The Morgan fingerprint density at radius 3 is 2.15 bits per heavy atom. The standard InChI is InChI=1S/C17H19NO2/c1-9-7-12-11(3)15-13(8-10(2)19-15)14(16(12)20-9)17(18)5-4-6-17/h7-8H,4-6,18H2,1-3H3. The summed E-state index contributed by atoms with van der Waals surface area (Å²) in [5.41, 5.74) is 10.6. The summed E-state index contributed by atoms with van der Waals surface area (Å²) in [6.45, 7) is 6.07. The van der Waals surface area contributed by atoms with Gasteiger partial charge in [0, 0.05) is 27.4 Å². The molecule has 20 heavy (non-hydrogen) atoms. The van der Waals surface area contributed by atoms with Gasteiger partial charge in [0.1, 0.15) is 22.7 Å². The second-order valence-electron chi connectivity index (χ2n) is 6.21. The minimum atomic E-state index is -0.259. The highest BCUT2D eigenvalue weighted by molar-refractivity contribution is 6.02. The molecule has 2 N–H and O–H groups in total. The number of hydrogen-bond donors (Lipinski definition) is 1. The number of fused-ring (bicyclic) bond motifs is 2. The summed E-state index contributed by atoms with van der Waals surface area (Å²) >= 11 is 0. The molecule has 0 aliphatic heterocycles. The van der Waals surface area contributed by atoms with Gasteiger partial charge in [-0.2, -0.15) is 0 Å². The molecule has 0 spiro atoms. The first kappa shape index (κ1) is 12.0. The molecule has 3 nitrogen and oxygen atoms in total. The summed E-state index contributed by atoms with van der Waals surface area (Å²) in [6, 6.07) is 4.19. The fourth-order valence-corrected chi connectivity index (χ4v) is 3.50. The van der Waals surface area contributed by atoms with Crippen molar-refractivity contribution in [2.75, 3.05) is 0 Å². The minimum absolute atomic E-state index is 0.259. The molecule has 0 atom stereocenters. The monoisotopic (exact) mass is 269 g/mol. The van der Waals surface area contributed by atoms with Crippen LogP contribution in [-0.4, -0.2) is 0 Å². The van der Waals surface area contributed by atoms with Gasteiger partial charge in [0.15, 0.2) is 0 Å². The zero-order valence-corrected chi connectivity index (χ0v) is 12.2. The molecular weight excluding hydrogens is 250 g/mol. The van der Waals surface area contributed by atoms with Crippen molar-refractivity contribution in [1.29, 1.82) is 0 Å². The summed E-state index contributed by atoms with van der Waals surface area (Å²) in [4.78, 5) is 0. The van der Waals surface area contributed by atoms with Crippen LogP contribution in [0.2, 0.25) is 0 Å². The molecule has 1 aliphatic rings. The molecule has 104 valence electrons. The second-order valence-corrected chi connectivity index (χ2v) is 6.21. The molecule has 3 heteroatoms. The molecule has 1 fully saturated rings. The van der Waals surface area contributed by atoms with E-state index in [0.717, 1.165) is 57.4 Å². The predicted octanol–water partition coefficient (Wildman–Crippen LogP) is 4.44. The van der Waals surface area contributed by atoms with Crippen molar-refractivity contribution in [3.05, 3.63) is 34.8 Å². The van der Waals surface area contributed by atoms with Gasteiger partial charge in [-0.1, -0.05) is 0 Å². The van der Waals surface area contributed by atoms with Gasteiger partial charge >= 0.3 is 0 Å². The number of nitrogens with two attached hydrogens (primary N) is 1. The Morgan fingerprint density at radius 2 is 1.55 bits per heavy atom. The fourth-order valence-electron chi connectivity index (χ4n) is 3.50. The summed E-state index contributed by atoms with van der Waals surface area (Å²) in [6.07, 6.45) is 3.22. The third-order valence-electron chi connectivity index (χ3n) is 4.70. The highest BCUT2D eigenvalue weighted by Crippen LogP contribution is 2.47. The van der Waals surface area contributed by atoms with Crippen LogP contribution in [0.1, 0.15) is 41.9 Å². The van der Waals surface area contributed by atoms with Gasteiger partial charge in [0.05, 0.1) is 0 Å². The Bertz CT molecular complexity index is 776. The second kappa shape index (κ2) is 3.67. The number of aryl methyl sites for hydroxylation is 3. The molecule has 3 aromatic rings. The maximum absolute atomic E-state index is 6.62. The largest absolute Gasteiger partial charge is 0.461 e. The van der Waals surface area contributed by atoms with Crippen LogP contribution in [0.15, 0.2) is 21.0 Å². The van der Waals surface area contributed by atoms with Gasteiger partial charge in [-0.25, -0.2) is 0 Å². The Morgan fingerprint density at radius 1 is 0.950 bits per heavy atom. The third-order valence-corrected chi connectivity index (χ3v) is 4.70. The van der Waals surface area contributed by atoms with Gasteiger partial charge in [0.2, 0.25) is 0 Å². The number of hydrogen-bond acceptors (Lipinski definition) is 3. The normalized spacial score (nSPS) is 17.8. The average Bonchev–Trinajstić information content (AvgIpc) is 2.90. The Kier molecular flexibility index (Phi) is 2.21. The average molecular weight is 269 g/mol. The van der Waals surface area contributed by atoms with Gasteiger partial charge < -0.3 is 14.6 Å². The van der Waals surface area contributed by atoms with Gasteiger partial charge in [0.25, 0.3) is 0 Å². The van der Waals surface area contributed by atoms with Crippen LogP contribution in [0.3, 0.4) is 0 Å². The quantitative estimate of drug-likeness (QED) is 0.710. The Labute approximate surface area is 117 Å². The maximum atomic E-state index is 6.62. The van der Waals surface area contributed by atoms with Crippen molar-refractivity contribution in [2.24, 2.45) is 5.73 Å². The van der Waals surface area contributed by atoms with Crippen LogP contribution in [-0.2, 0) is 5.54 Å².